The maximum atomic E-state index is 12.4. The largest absolute Gasteiger partial charge is 0.497 e. The van der Waals surface area contributed by atoms with Crippen molar-refractivity contribution in [2.24, 2.45) is 0 Å². The van der Waals surface area contributed by atoms with Gasteiger partial charge in [0.05, 0.1) is 12.0 Å². The van der Waals surface area contributed by atoms with Crippen molar-refractivity contribution in [1.82, 2.24) is 20.4 Å². The number of methoxy groups -OCH3 is 1. The third kappa shape index (κ3) is 4.21. The van der Waals surface area contributed by atoms with E-state index in [-0.39, 0.29) is 17.4 Å². The minimum Gasteiger partial charge on any atom is -0.497 e. The van der Waals surface area contributed by atoms with Crippen LogP contribution in [-0.2, 0) is 0 Å². The van der Waals surface area contributed by atoms with Crippen LogP contribution in [-0.4, -0.2) is 32.9 Å². The number of amides is 1. The van der Waals surface area contributed by atoms with E-state index in [4.69, 9.17) is 9.47 Å². The van der Waals surface area contributed by atoms with Crippen molar-refractivity contribution in [3.63, 3.8) is 0 Å². The van der Waals surface area contributed by atoms with Crippen molar-refractivity contribution in [3.8, 4) is 17.4 Å². The molecular weight excluding hydrogens is 416 g/mol. The second kappa shape index (κ2) is 8.92. The molecule has 1 amide bonds. The number of aromatic nitrogens is 3. The van der Waals surface area contributed by atoms with Crippen molar-refractivity contribution < 1.29 is 19.2 Å². The highest BCUT2D eigenvalue weighted by Gasteiger charge is 2.26. The number of para-hydroxylation sites is 1. The molecule has 0 fully saturated rings. The number of benzene rings is 2. The van der Waals surface area contributed by atoms with E-state index in [1.54, 1.807) is 48.7 Å². The zero-order chi connectivity index (χ0) is 22.5. The molecule has 0 saturated heterocycles. The van der Waals surface area contributed by atoms with Crippen LogP contribution < -0.4 is 20.3 Å². The Kier molecular flexibility index (Phi) is 5.70. The topological polar surface area (TPSA) is 141 Å². The predicted molar refractivity (Wildman–Crippen MR) is 115 cm³/mol. The van der Waals surface area contributed by atoms with Gasteiger partial charge in [0.15, 0.2) is 5.75 Å². The van der Waals surface area contributed by atoms with Crippen LogP contribution in [0.15, 0.2) is 67.1 Å². The lowest BCUT2D eigenvalue weighted by Crippen LogP contribution is -2.30. The van der Waals surface area contributed by atoms with Gasteiger partial charge in [-0.15, -0.1) is 0 Å². The van der Waals surface area contributed by atoms with Gasteiger partial charge in [0, 0.05) is 17.1 Å². The fraction of sp³-hybridized carbons (Fsp3) is 0.0476. The van der Waals surface area contributed by atoms with E-state index in [0.29, 0.717) is 16.8 Å². The minimum absolute atomic E-state index is 0.241. The van der Waals surface area contributed by atoms with Crippen molar-refractivity contribution in [2.45, 2.75) is 0 Å². The van der Waals surface area contributed by atoms with E-state index in [2.05, 4.69) is 25.8 Å². The maximum absolute atomic E-state index is 12.4. The number of fused-ring (bicyclic) bond motifs is 1. The second-order valence-electron chi connectivity index (χ2n) is 6.37. The summed E-state index contributed by atoms with van der Waals surface area (Å²) < 4.78 is 10.8. The van der Waals surface area contributed by atoms with E-state index >= 15 is 0 Å². The van der Waals surface area contributed by atoms with Gasteiger partial charge in [-0.3, -0.25) is 30.7 Å². The molecule has 2 aromatic heterocycles. The molecule has 0 aliphatic heterocycles. The highest BCUT2D eigenvalue weighted by Crippen LogP contribution is 2.35. The summed E-state index contributed by atoms with van der Waals surface area (Å²) >= 11 is 0. The standard InChI is InChI=1S/C21H16N6O5/c1-31-15-9-7-14(8-10-15)20(28)26-25-19-18(27(29)30)21(24-12-23-19)32-16-6-2-4-13-5-3-11-22-17(13)16/h2-12H,1H3,(H,26,28)(H,23,24,25). The maximum Gasteiger partial charge on any atom is 0.374 e. The molecule has 2 aromatic carbocycles. The summed E-state index contributed by atoms with van der Waals surface area (Å²) in [4.78, 5) is 35.4. The summed E-state index contributed by atoms with van der Waals surface area (Å²) in [6.45, 7) is 0. The molecule has 0 radical (unpaired) electrons. The number of nitrogens with one attached hydrogen (secondary N) is 2. The van der Waals surface area contributed by atoms with Crippen LogP contribution in [0.1, 0.15) is 10.4 Å². The van der Waals surface area contributed by atoms with E-state index in [1.807, 2.05) is 12.1 Å². The molecule has 4 aromatic rings. The van der Waals surface area contributed by atoms with Gasteiger partial charge in [-0.25, -0.2) is 4.98 Å². The lowest BCUT2D eigenvalue weighted by Gasteiger charge is -2.11. The Morgan fingerprint density at radius 1 is 1.03 bits per heavy atom. The number of carbonyl (C=O) groups excluding carboxylic acids is 1. The van der Waals surface area contributed by atoms with Crippen molar-refractivity contribution in [3.05, 3.63) is 82.8 Å². The molecule has 0 unspecified atom stereocenters. The third-order valence-corrected chi connectivity index (χ3v) is 4.42. The summed E-state index contributed by atoms with van der Waals surface area (Å²) in [5, 5.41) is 12.5. The summed E-state index contributed by atoms with van der Waals surface area (Å²) in [6, 6.07) is 15.1. The summed E-state index contributed by atoms with van der Waals surface area (Å²) in [7, 11) is 1.51. The lowest BCUT2D eigenvalue weighted by molar-refractivity contribution is -0.385. The SMILES string of the molecule is COc1ccc(C(=O)NNc2ncnc(Oc3cccc4cccnc34)c2[N+](=O)[O-])cc1. The molecular formula is C21H16N6O5. The third-order valence-electron chi connectivity index (χ3n) is 4.42. The molecule has 4 rings (SSSR count). The van der Waals surface area contributed by atoms with Crippen LogP contribution >= 0.6 is 0 Å². The van der Waals surface area contributed by atoms with E-state index < -0.39 is 16.5 Å². The van der Waals surface area contributed by atoms with Gasteiger partial charge in [0.2, 0.25) is 5.82 Å². The van der Waals surface area contributed by atoms with Crippen LogP contribution in [0.4, 0.5) is 11.5 Å². The first-order chi connectivity index (χ1) is 15.6. The number of nitro groups is 1. The van der Waals surface area contributed by atoms with Crippen LogP contribution in [0.5, 0.6) is 17.4 Å². The second-order valence-corrected chi connectivity index (χ2v) is 6.37. The van der Waals surface area contributed by atoms with Crippen LogP contribution in [0.2, 0.25) is 0 Å². The zero-order valence-corrected chi connectivity index (χ0v) is 16.7. The van der Waals surface area contributed by atoms with Crippen molar-refractivity contribution in [2.75, 3.05) is 12.5 Å². The normalized spacial score (nSPS) is 10.4. The Balaban J connectivity index is 1.59. The van der Waals surface area contributed by atoms with E-state index in [1.165, 1.54) is 7.11 Å². The summed E-state index contributed by atoms with van der Waals surface area (Å²) in [5.41, 5.74) is 5.13. The number of hydrogen-bond donors (Lipinski definition) is 2. The first kappa shape index (κ1) is 20.5. The zero-order valence-electron chi connectivity index (χ0n) is 16.7. The highest BCUT2D eigenvalue weighted by molar-refractivity contribution is 5.95. The molecule has 160 valence electrons. The Bertz CT molecular complexity index is 1290. The molecule has 0 saturated carbocycles. The Morgan fingerprint density at radius 3 is 2.56 bits per heavy atom. The quantitative estimate of drug-likeness (QED) is 0.331. The van der Waals surface area contributed by atoms with Crippen LogP contribution in [0, 0.1) is 10.1 Å². The Morgan fingerprint density at radius 2 is 1.81 bits per heavy atom. The number of hydrogen-bond acceptors (Lipinski definition) is 9. The molecule has 2 heterocycles. The number of rotatable bonds is 7. The highest BCUT2D eigenvalue weighted by atomic mass is 16.6. The predicted octanol–water partition coefficient (Wildman–Crippen LogP) is 3.49. The number of carbonyl (C=O) groups is 1. The molecule has 11 nitrogen and oxygen atoms in total. The van der Waals surface area contributed by atoms with Gasteiger partial charge in [-0.2, -0.15) is 4.98 Å². The molecule has 2 N–H and O–H groups in total. The molecule has 0 spiro atoms. The number of anilines is 1. The number of pyridine rings is 1. The molecule has 0 aliphatic rings. The molecule has 0 atom stereocenters. The smallest absolute Gasteiger partial charge is 0.374 e. The van der Waals surface area contributed by atoms with Crippen molar-refractivity contribution >= 4 is 28.3 Å². The summed E-state index contributed by atoms with van der Waals surface area (Å²) in [6.07, 6.45) is 2.67. The average Bonchev–Trinajstić information content (AvgIpc) is 2.82. The van der Waals surface area contributed by atoms with Crippen molar-refractivity contribution in [1.29, 1.82) is 0 Å². The number of ether oxygens (including phenoxy) is 2. The summed E-state index contributed by atoms with van der Waals surface area (Å²) in [5.74, 6) is -0.190. The molecule has 32 heavy (non-hydrogen) atoms. The van der Waals surface area contributed by atoms with E-state index in [0.717, 1.165) is 11.7 Å². The lowest BCUT2D eigenvalue weighted by atomic mass is 10.2. The fourth-order valence-corrected chi connectivity index (χ4v) is 2.89. The minimum atomic E-state index is -0.699. The van der Waals surface area contributed by atoms with Gasteiger partial charge in [0.25, 0.3) is 5.91 Å². The first-order valence-electron chi connectivity index (χ1n) is 9.28. The molecule has 0 aliphatic carbocycles. The van der Waals surface area contributed by atoms with Gasteiger partial charge in [-0.1, -0.05) is 18.2 Å². The van der Waals surface area contributed by atoms with Gasteiger partial charge < -0.3 is 9.47 Å². The van der Waals surface area contributed by atoms with Crippen LogP contribution in [0.3, 0.4) is 0 Å². The molecule has 11 heteroatoms. The first-order valence-corrected chi connectivity index (χ1v) is 9.28. The number of hydrazine groups is 1. The monoisotopic (exact) mass is 432 g/mol. The average molecular weight is 432 g/mol. The van der Waals surface area contributed by atoms with Gasteiger partial charge >= 0.3 is 11.6 Å². The molecule has 0 bridgehead atoms. The van der Waals surface area contributed by atoms with Crippen LogP contribution in [0.25, 0.3) is 10.9 Å². The van der Waals surface area contributed by atoms with Gasteiger partial charge in [0.1, 0.15) is 17.6 Å². The number of nitrogens with zero attached hydrogens (tertiary/aromatic N) is 4. The van der Waals surface area contributed by atoms with E-state index in [9.17, 15) is 14.9 Å². The Labute approximate surface area is 181 Å². The Hall–Kier alpha value is -4.80. The fourth-order valence-electron chi connectivity index (χ4n) is 2.89. The van der Waals surface area contributed by atoms with Gasteiger partial charge in [-0.05, 0) is 36.4 Å².